The fourth-order valence-corrected chi connectivity index (χ4v) is 2.98. The second kappa shape index (κ2) is 6.64. The summed E-state index contributed by atoms with van der Waals surface area (Å²) >= 11 is 3.52. The maximum atomic E-state index is 12.9. The van der Waals surface area contributed by atoms with Gasteiger partial charge in [-0.1, -0.05) is 22.0 Å². The third-order valence-corrected chi connectivity index (χ3v) is 4.07. The van der Waals surface area contributed by atoms with Gasteiger partial charge in [0.15, 0.2) is 0 Å². The van der Waals surface area contributed by atoms with Crippen LogP contribution in [0.2, 0.25) is 0 Å². The summed E-state index contributed by atoms with van der Waals surface area (Å²) in [7, 11) is 0. The van der Waals surface area contributed by atoms with Crippen molar-refractivity contribution in [3.8, 4) is 0 Å². The zero-order valence-corrected chi connectivity index (χ0v) is 12.3. The van der Waals surface area contributed by atoms with E-state index in [1.807, 2.05) is 6.07 Å². The second-order valence-corrected chi connectivity index (χ2v) is 5.70. The van der Waals surface area contributed by atoms with Gasteiger partial charge in [0.1, 0.15) is 0 Å². The van der Waals surface area contributed by atoms with E-state index in [1.165, 1.54) is 11.1 Å². The van der Waals surface area contributed by atoms with Gasteiger partial charge in [-0.15, -0.1) is 0 Å². The predicted octanol–water partition coefficient (Wildman–Crippen LogP) is 3.06. The van der Waals surface area contributed by atoms with Crippen LogP contribution < -0.4 is 5.32 Å². The van der Waals surface area contributed by atoms with Gasteiger partial charge in [0.2, 0.25) is 0 Å². The van der Waals surface area contributed by atoms with E-state index in [1.54, 1.807) is 0 Å². The van der Waals surface area contributed by atoms with Crippen molar-refractivity contribution in [1.29, 1.82) is 0 Å². The molecule has 0 aliphatic carbocycles. The lowest BCUT2D eigenvalue weighted by atomic mass is 9.97. The highest BCUT2D eigenvalue weighted by Gasteiger charge is 2.23. The molecule has 0 radical (unpaired) electrons. The van der Waals surface area contributed by atoms with E-state index in [0.29, 0.717) is 6.42 Å². The highest BCUT2D eigenvalue weighted by Crippen LogP contribution is 2.29. The third-order valence-electron chi connectivity index (χ3n) is 3.58. The minimum atomic E-state index is -0.263. The fraction of sp³-hybridized carbons (Fsp3) is 0.571. The van der Waals surface area contributed by atoms with E-state index in [2.05, 4.69) is 45.2 Å². The molecule has 1 aromatic rings. The molecule has 1 N–H and O–H groups in total. The van der Waals surface area contributed by atoms with Crippen LogP contribution in [-0.2, 0) is 0 Å². The molecule has 1 aliphatic rings. The molecule has 1 fully saturated rings. The van der Waals surface area contributed by atoms with Gasteiger partial charge in [0.25, 0.3) is 0 Å². The van der Waals surface area contributed by atoms with Crippen molar-refractivity contribution < 1.29 is 4.39 Å². The summed E-state index contributed by atoms with van der Waals surface area (Å²) in [5, 5.41) is 3.34. The van der Waals surface area contributed by atoms with Crippen LogP contribution in [-0.4, -0.2) is 37.8 Å². The standard InChI is InChI=1S/C14H20BrFN2/c1-11-2-3-12(15)10-13(11)14(4-5-16)18-8-6-17-7-9-18/h2-3,10,14,17H,4-9H2,1H3/t14-/m1/s1. The number of piperazine rings is 1. The van der Waals surface area contributed by atoms with Crippen LogP contribution >= 0.6 is 15.9 Å². The zero-order chi connectivity index (χ0) is 13.0. The van der Waals surface area contributed by atoms with Gasteiger partial charge in [0, 0.05) is 36.7 Å². The van der Waals surface area contributed by atoms with Crippen molar-refractivity contribution >= 4 is 15.9 Å². The van der Waals surface area contributed by atoms with Crippen molar-refractivity contribution in [2.45, 2.75) is 19.4 Å². The molecule has 1 aliphatic heterocycles. The van der Waals surface area contributed by atoms with Gasteiger partial charge in [-0.05, 0) is 36.6 Å². The molecule has 0 unspecified atom stereocenters. The largest absolute Gasteiger partial charge is 0.314 e. The molecule has 0 saturated carbocycles. The number of aryl methyl sites for hydroxylation is 1. The number of alkyl halides is 1. The molecule has 4 heteroatoms. The topological polar surface area (TPSA) is 15.3 Å². The van der Waals surface area contributed by atoms with Gasteiger partial charge in [0.05, 0.1) is 6.67 Å². The molecule has 100 valence electrons. The Hall–Kier alpha value is -0.450. The lowest BCUT2D eigenvalue weighted by Gasteiger charge is -2.35. The Labute approximate surface area is 117 Å². The molecule has 18 heavy (non-hydrogen) atoms. The zero-order valence-electron chi connectivity index (χ0n) is 10.8. The Morgan fingerprint density at radius 3 is 2.78 bits per heavy atom. The molecule has 1 heterocycles. The molecule has 2 nitrogen and oxygen atoms in total. The van der Waals surface area contributed by atoms with Crippen LogP contribution in [0.25, 0.3) is 0 Å². The molecule has 1 atom stereocenters. The molecule has 0 amide bonds. The summed E-state index contributed by atoms with van der Waals surface area (Å²) in [6.45, 7) is 5.83. The number of halogens is 2. The van der Waals surface area contributed by atoms with Crippen LogP contribution in [0.4, 0.5) is 4.39 Å². The van der Waals surface area contributed by atoms with Crippen molar-refractivity contribution in [1.82, 2.24) is 10.2 Å². The predicted molar refractivity (Wildman–Crippen MR) is 76.7 cm³/mol. The first-order valence-corrected chi connectivity index (χ1v) is 7.28. The Bertz CT molecular complexity index is 391. The maximum absolute atomic E-state index is 12.9. The number of benzene rings is 1. The number of hydrogen-bond donors (Lipinski definition) is 1. The monoisotopic (exact) mass is 314 g/mol. The van der Waals surface area contributed by atoms with Gasteiger partial charge in [-0.3, -0.25) is 9.29 Å². The third kappa shape index (κ3) is 3.31. The summed E-state index contributed by atoms with van der Waals surface area (Å²) < 4.78 is 13.9. The molecular weight excluding hydrogens is 295 g/mol. The van der Waals surface area contributed by atoms with Gasteiger partial charge in [-0.25, -0.2) is 0 Å². The van der Waals surface area contributed by atoms with Gasteiger partial charge >= 0.3 is 0 Å². The highest BCUT2D eigenvalue weighted by atomic mass is 79.9. The highest BCUT2D eigenvalue weighted by molar-refractivity contribution is 9.10. The van der Waals surface area contributed by atoms with Gasteiger partial charge in [-0.2, -0.15) is 0 Å². The van der Waals surface area contributed by atoms with Crippen LogP contribution in [0.3, 0.4) is 0 Å². The molecule has 0 bridgehead atoms. The van der Waals surface area contributed by atoms with E-state index in [-0.39, 0.29) is 12.7 Å². The van der Waals surface area contributed by atoms with Crippen LogP contribution in [0.15, 0.2) is 22.7 Å². The number of hydrogen-bond acceptors (Lipinski definition) is 2. The molecule has 1 saturated heterocycles. The van der Waals surface area contributed by atoms with Crippen molar-refractivity contribution in [3.63, 3.8) is 0 Å². The molecular formula is C14H20BrFN2. The molecule has 1 aromatic carbocycles. The Morgan fingerprint density at radius 1 is 1.39 bits per heavy atom. The van der Waals surface area contributed by atoms with E-state index >= 15 is 0 Å². The summed E-state index contributed by atoms with van der Waals surface area (Å²) in [6, 6.07) is 6.49. The number of nitrogens with one attached hydrogen (secondary N) is 1. The molecule has 2 rings (SSSR count). The lowest BCUT2D eigenvalue weighted by Crippen LogP contribution is -2.45. The van der Waals surface area contributed by atoms with E-state index in [4.69, 9.17) is 0 Å². The lowest BCUT2D eigenvalue weighted by molar-refractivity contribution is 0.157. The molecule has 0 spiro atoms. The second-order valence-electron chi connectivity index (χ2n) is 4.78. The number of nitrogens with zero attached hydrogens (tertiary/aromatic N) is 1. The average molecular weight is 315 g/mol. The van der Waals surface area contributed by atoms with E-state index < -0.39 is 0 Å². The van der Waals surface area contributed by atoms with Crippen molar-refractivity contribution in [2.75, 3.05) is 32.9 Å². The quantitative estimate of drug-likeness (QED) is 0.919. The summed E-state index contributed by atoms with van der Waals surface area (Å²) in [5.74, 6) is 0. The Morgan fingerprint density at radius 2 is 2.11 bits per heavy atom. The first-order chi connectivity index (χ1) is 8.72. The minimum Gasteiger partial charge on any atom is -0.314 e. The SMILES string of the molecule is Cc1ccc(Br)cc1[C@@H](CCF)N1CCNCC1. The van der Waals surface area contributed by atoms with Crippen LogP contribution in [0.1, 0.15) is 23.6 Å². The Kier molecular flexibility index (Phi) is 5.15. The van der Waals surface area contributed by atoms with Crippen molar-refractivity contribution in [3.05, 3.63) is 33.8 Å². The first kappa shape index (κ1) is 14.0. The van der Waals surface area contributed by atoms with E-state index in [0.717, 1.165) is 30.7 Å². The summed E-state index contributed by atoms with van der Waals surface area (Å²) in [5.41, 5.74) is 2.50. The smallest absolute Gasteiger partial charge is 0.0912 e. The average Bonchev–Trinajstić information content (AvgIpc) is 2.40. The molecule has 0 aromatic heterocycles. The minimum absolute atomic E-state index is 0.203. The van der Waals surface area contributed by atoms with E-state index in [9.17, 15) is 4.39 Å². The van der Waals surface area contributed by atoms with Crippen LogP contribution in [0.5, 0.6) is 0 Å². The summed E-state index contributed by atoms with van der Waals surface area (Å²) in [4.78, 5) is 2.39. The summed E-state index contributed by atoms with van der Waals surface area (Å²) in [6.07, 6.45) is 0.581. The maximum Gasteiger partial charge on any atom is 0.0912 e. The fourth-order valence-electron chi connectivity index (χ4n) is 2.60. The normalized spacial score (nSPS) is 18.8. The first-order valence-electron chi connectivity index (χ1n) is 6.49. The Balaban J connectivity index is 2.24. The number of rotatable bonds is 4. The van der Waals surface area contributed by atoms with Gasteiger partial charge < -0.3 is 5.32 Å². The van der Waals surface area contributed by atoms with Crippen molar-refractivity contribution in [2.24, 2.45) is 0 Å². The van der Waals surface area contributed by atoms with Crippen LogP contribution in [0, 0.1) is 6.92 Å².